The van der Waals surface area contributed by atoms with Gasteiger partial charge < -0.3 is 5.32 Å². The van der Waals surface area contributed by atoms with Crippen molar-refractivity contribution in [3.8, 4) is 0 Å². The smallest absolute Gasteiger partial charge is 0.272 e. The van der Waals surface area contributed by atoms with Gasteiger partial charge in [0.2, 0.25) is 0 Å². The largest absolute Gasteiger partial charge is 0.376 e. The van der Waals surface area contributed by atoms with Crippen molar-refractivity contribution < 1.29 is 8.78 Å². The molecule has 0 spiro atoms. The number of aryl methyl sites for hydroxylation is 1. The summed E-state index contributed by atoms with van der Waals surface area (Å²) in [5.41, 5.74) is 1.30. The van der Waals surface area contributed by atoms with Crippen LogP contribution in [0.1, 0.15) is 29.0 Å². The van der Waals surface area contributed by atoms with E-state index in [2.05, 4.69) is 25.6 Å². The lowest BCUT2D eigenvalue weighted by atomic mass is 9.83. The van der Waals surface area contributed by atoms with E-state index in [4.69, 9.17) is 0 Å². The summed E-state index contributed by atoms with van der Waals surface area (Å²) in [6.07, 6.45) is 1.43. The Balaban J connectivity index is 1.82. The Morgan fingerprint density at radius 2 is 1.89 bits per heavy atom. The molecule has 5 rings (SSSR count). The minimum Gasteiger partial charge on any atom is -0.376 e. The van der Waals surface area contributed by atoms with Crippen molar-refractivity contribution in [3.05, 3.63) is 81.8 Å². The van der Waals surface area contributed by atoms with E-state index in [0.717, 1.165) is 5.56 Å². The van der Waals surface area contributed by atoms with Crippen LogP contribution in [0.5, 0.6) is 0 Å². The number of aromatic nitrogens is 5. The first kappa shape index (κ1) is 16.5. The molecule has 0 saturated carbocycles. The molecule has 3 heterocycles. The van der Waals surface area contributed by atoms with Crippen LogP contribution in [-0.4, -0.2) is 25.0 Å². The molecule has 140 valence electrons. The number of nitrogens with one attached hydrogen (secondary N) is 2. The number of hydrogen-bond acceptors (Lipinski definition) is 5. The molecule has 2 aromatic carbocycles. The fourth-order valence-electron chi connectivity index (χ4n) is 3.84. The molecule has 1 aliphatic rings. The van der Waals surface area contributed by atoms with Crippen molar-refractivity contribution in [1.82, 2.24) is 25.0 Å². The number of halogens is 2. The summed E-state index contributed by atoms with van der Waals surface area (Å²) in [7, 11) is 1.76. The zero-order valence-corrected chi connectivity index (χ0v) is 14.6. The molecule has 1 aliphatic heterocycles. The molecule has 0 unspecified atom stereocenters. The Labute approximate surface area is 157 Å². The van der Waals surface area contributed by atoms with Gasteiger partial charge in [0.15, 0.2) is 0 Å². The third-order valence-corrected chi connectivity index (χ3v) is 5.07. The molecule has 0 bridgehead atoms. The molecule has 0 amide bonds. The molecule has 0 fully saturated rings. The van der Waals surface area contributed by atoms with E-state index < -0.39 is 23.3 Å². The van der Waals surface area contributed by atoms with Crippen LogP contribution in [-0.2, 0) is 7.05 Å². The number of benzene rings is 2. The van der Waals surface area contributed by atoms with Gasteiger partial charge in [0.1, 0.15) is 23.8 Å². The van der Waals surface area contributed by atoms with Gasteiger partial charge in [-0.2, -0.15) is 10.2 Å². The second kappa shape index (κ2) is 5.95. The average Bonchev–Trinajstić information content (AvgIpc) is 3.10. The van der Waals surface area contributed by atoms with Crippen LogP contribution in [0.2, 0.25) is 0 Å². The normalized spacial score (nSPS) is 18.2. The van der Waals surface area contributed by atoms with Crippen LogP contribution in [0.25, 0.3) is 10.8 Å². The molecule has 2 N–H and O–H groups in total. The van der Waals surface area contributed by atoms with Crippen molar-refractivity contribution in [2.24, 2.45) is 7.05 Å². The van der Waals surface area contributed by atoms with Gasteiger partial charge in [-0.05, 0) is 29.8 Å². The lowest BCUT2D eigenvalue weighted by molar-refractivity contribution is 0.562. The molecule has 7 nitrogen and oxygen atoms in total. The topological polar surface area (TPSA) is 88.5 Å². The van der Waals surface area contributed by atoms with Gasteiger partial charge in [0, 0.05) is 18.1 Å². The van der Waals surface area contributed by atoms with Gasteiger partial charge in [0.25, 0.3) is 5.56 Å². The van der Waals surface area contributed by atoms with E-state index in [1.807, 2.05) is 0 Å². The molecule has 0 radical (unpaired) electrons. The number of anilines is 1. The maximum Gasteiger partial charge on any atom is 0.272 e. The second-order valence-corrected chi connectivity index (χ2v) is 6.71. The standard InChI is InChI=1S/C19H14F2N6O/c1-27-18(22-8-23-27)15-16(9-2-4-10(20)5-3-9)24-13-7-11(21)6-12-14(13)17(15)25-26-19(12)28/h2-8,15-16,24H,1H3,(H,26,28)/t15-,16-/m1/s1/i20-1,21-1. The van der Waals surface area contributed by atoms with Crippen LogP contribution in [0, 0.1) is 11.6 Å². The van der Waals surface area contributed by atoms with Crippen molar-refractivity contribution in [1.29, 1.82) is 0 Å². The predicted molar refractivity (Wildman–Crippen MR) is 97.9 cm³/mol. The first-order valence-corrected chi connectivity index (χ1v) is 8.60. The molecule has 28 heavy (non-hydrogen) atoms. The zero-order chi connectivity index (χ0) is 19.4. The van der Waals surface area contributed by atoms with E-state index >= 15 is 0 Å². The van der Waals surface area contributed by atoms with Crippen molar-refractivity contribution in [3.63, 3.8) is 0 Å². The summed E-state index contributed by atoms with van der Waals surface area (Å²) in [6.45, 7) is 0. The summed E-state index contributed by atoms with van der Waals surface area (Å²) in [5, 5.41) is 14.9. The maximum absolute atomic E-state index is 14.1. The average molecular weight is 378 g/mol. The SMILES string of the molecule is Cn1ncnc1[C@H]1c2n[nH]c(=O)c3cc([18F])cc(c23)N[C@@H]1c1ccc([18F])cc1. The van der Waals surface area contributed by atoms with E-state index in [-0.39, 0.29) is 11.2 Å². The Bertz CT molecular complexity index is 1260. The molecule has 2 aromatic heterocycles. The Morgan fingerprint density at radius 1 is 1.11 bits per heavy atom. The summed E-state index contributed by atoms with van der Waals surface area (Å²) < 4.78 is 29.2. The fraction of sp³-hybridized carbons (Fsp3) is 0.158. The highest BCUT2D eigenvalue weighted by Gasteiger charge is 2.37. The molecule has 4 aromatic rings. The maximum atomic E-state index is 14.1. The van der Waals surface area contributed by atoms with E-state index in [0.29, 0.717) is 22.6 Å². The van der Waals surface area contributed by atoms with Crippen LogP contribution in [0.3, 0.4) is 0 Å². The third kappa shape index (κ3) is 2.39. The minimum absolute atomic E-state index is 0.206. The van der Waals surface area contributed by atoms with Crippen LogP contribution < -0.4 is 10.9 Å². The van der Waals surface area contributed by atoms with Gasteiger partial charge in [-0.25, -0.2) is 18.9 Å². The fourth-order valence-corrected chi connectivity index (χ4v) is 3.84. The summed E-state index contributed by atoms with van der Waals surface area (Å²) in [4.78, 5) is 16.6. The highest BCUT2D eigenvalue weighted by molar-refractivity contribution is 5.97. The zero-order valence-electron chi connectivity index (χ0n) is 14.6. The highest BCUT2D eigenvalue weighted by atomic mass is 18.2. The predicted octanol–water partition coefficient (Wildman–Crippen LogP) is 2.63. The lowest BCUT2D eigenvalue weighted by Crippen LogP contribution is -2.30. The number of H-pyrrole nitrogens is 1. The monoisotopic (exact) mass is 378 g/mol. The summed E-state index contributed by atoms with van der Waals surface area (Å²) in [5.74, 6) is -0.716. The quantitative estimate of drug-likeness (QED) is 0.560. The van der Waals surface area contributed by atoms with E-state index in [9.17, 15) is 13.6 Å². The first-order valence-electron chi connectivity index (χ1n) is 8.60. The van der Waals surface area contributed by atoms with Crippen LogP contribution in [0.4, 0.5) is 14.5 Å². The Morgan fingerprint density at radius 3 is 2.61 bits per heavy atom. The summed E-state index contributed by atoms with van der Waals surface area (Å²) in [6, 6.07) is 8.14. The van der Waals surface area contributed by atoms with Gasteiger partial charge in [-0.1, -0.05) is 12.1 Å². The molecule has 9 heteroatoms. The summed E-state index contributed by atoms with van der Waals surface area (Å²) >= 11 is 0. The van der Waals surface area contributed by atoms with Crippen LogP contribution >= 0.6 is 0 Å². The molecule has 0 aliphatic carbocycles. The van der Waals surface area contributed by atoms with Crippen molar-refractivity contribution in [2.75, 3.05) is 5.32 Å². The van der Waals surface area contributed by atoms with Crippen molar-refractivity contribution >= 4 is 16.5 Å². The second-order valence-electron chi connectivity index (χ2n) is 6.71. The Hall–Kier alpha value is -3.62. The highest BCUT2D eigenvalue weighted by Crippen LogP contribution is 2.45. The lowest BCUT2D eigenvalue weighted by Gasteiger charge is -2.33. The van der Waals surface area contributed by atoms with Gasteiger partial charge in [-0.3, -0.25) is 9.48 Å². The molecular formula is C19H14F2N6O. The Kier molecular flexibility index (Phi) is 3.51. The number of nitrogens with zero attached hydrogens (tertiary/aromatic N) is 4. The van der Waals surface area contributed by atoms with Crippen molar-refractivity contribution in [2.45, 2.75) is 12.0 Å². The van der Waals surface area contributed by atoms with E-state index in [1.165, 1.54) is 30.6 Å². The molecular weight excluding hydrogens is 364 g/mol. The number of hydrogen-bond donors (Lipinski definition) is 2. The third-order valence-electron chi connectivity index (χ3n) is 5.07. The van der Waals surface area contributed by atoms with Gasteiger partial charge >= 0.3 is 0 Å². The number of rotatable bonds is 2. The van der Waals surface area contributed by atoms with Gasteiger partial charge in [-0.15, -0.1) is 0 Å². The van der Waals surface area contributed by atoms with Crippen LogP contribution in [0.15, 0.2) is 47.5 Å². The van der Waals surface area contributed by atoms with Gasteiger partial charge in [0.05, 0.1) is 23.0 Å². The van der Waals surface area contributed by atoms with E-state index in [1.54, 1.807) is 23.9 Å². The minimum atomic E-state index is -0.535. The number of aromatic amines is 1. The molecule has 0 saturated heterocycles. The molecule has 2 atom stereocenters. The first-order chi connectivity index (χ1) is 13.5.